The van der Waals surface area contributed by atoms with Crippen molar-refractivity contribution >= 4 is 21.6 Å². The quantitative estimate of drug-likeness (QED) is 0.488. The van der Waals surface area contributed by atoms with Crippen molar-refractivity contribution in [2.24, 2.45) is 4.99 Å². The monoisotopic (exact) mass is 468 g/mol. The number of nitrogens with zero attached hydrogens (tertiary/aromatic N) is 1. The fourth-order valence-corrected chi connectivity index (χ4v) is 3.90. The van der Waals surface area contributed by atoms with E-state index in [0.717, 1.165) is 26.9 Å². The molecule has 1 heterocycles. The average molecular weight is 469 g/mol. The zero-order chi connectivity index (χ0) is 21.1. The number of ether oxygens (including phenoxy) is 1. The van der Waals surface area contributed by atoms with Gasteiger partial charge in [-0.05, 0) is 48.4 Å². The van der Waals surface area contributed by atoms with Crippen LogP contribution in [0.2, 0.25) is 0 Å². The minimum Gasteiger partial charge on any atom is -0.504 e. The number of para-hydroxylation sites is 1. The van der Waals surface area contributed by atoms with Crippen molar-refractivity contribution in [2.75, 3.05) is 6.61 Å². The lowest BCUT2D eigenvalue weighted by atomic mass is 9.93. The SMILES string of the molecule is CCOc1cccc([C@@H]2CC(c3ccc(Br)cc3)=N[C@@H](c3ccc(F)cc3)N2)c1O. The molecule has 0 saturated carbocycles. The maximum Gasteiger partial charge on any atom is 0.162 e. The smallest absolute Gasteiger partial charge is 0.162 e. The van der Waals surface area contributed by atoms with Crippen molar-refractivity contribution < 1.29 is 14.2 Å². The molecule has 3 aromatic carbocycles. The minimum atomic E-state index is -0.363. The lowest BCUT2D eigenvalue weighted by Crippen LogP contribution is -2.33. The van der Waals surface area contributed by atoms with E-state index in [1.807, 2.05) is 43.3 Å². The molecule has 2 N–H and O–H groups in total. The highest BCUT2D eigenvalue weighted by Crippen LogP contribution is 2.39. The Bertz CT molecular complexity index is 1050. The molecule has 1 aliphatic heterocycles. The van der Waals surface area contributed by atoms with Gasteiger partial charge < -0.3 is 9.84 Å². The third-order valence-corrected chi connectivity index (χ3v) is 5.64. The van der Waals surface area contributed by atoms with Crippen LogP contribution < -0.4 is 10.1 Å². The van der Waals surface area contributed by atoms with Crippen molar-refractivity contribution in [3.05, 3.63) is 93.7 Å². The van der Waals surface area contributed by atoms with Gasteiger partial charge in [-0.1, -0.05) is 52.3 Å². The van der Waals surface area contributed by atoms with Crippen molar-refractivity contribution in [3.63, 3.8) is 0 Å². The molecule has 0 fully saturated rings. The van der Waals surface area contributed by atoms with Gasteiger partial charge in [-0.25, -0.2) is 4.39 Å². The highest BCUT2D eigenvalue weighted by Gasteiger charge is 2.28. The van der Waals surface area contributed by atoms with Gasteiger partial charge in [0.15, 0.2) is 11.5 Å². The number of hydrogen-bond donors (Lipinski definition) is 2. The number of phenols is 1. The van der Waals surface area contributed by atoms with Crippen LogP contribution in [0.4, 0.5) is 4.39 Å². The molecule has 4 nitrogen and oxygen atoms in total. The second-order valence-electron chi connectivity index (χ2n) is 7.09. The van der Waals surface area contributed by atoms with E-state index in [-0.39, 0.29) is 23.8 Å². The first-order valence-corrected chi connectivity index (χ1v) is 10.6. The molecule has 0 unspecified atom stereocenters. The summed E-state index contributed by atoms with van der Waals surface area (Å²) in [5, 5.41) is 14.3. The third-order valence-electron chi connectivity index (χ3n) is 5.11. The molecule has 4 rings (SSSR count). The van der Waals surface area contributed by atoms with Gasteiger partial charge in [-0.2, -0.15) is 0 Å². The van der Waals surface area contributed by atoms with Crippen LogP contribution in [0.3, 0.4) is 0 Å². The summed E-state index contributed by atoms with van der Waals surface area (Å²) in [4.78, 5) is 4.90. The molecule has 1 aliphatic rings. The second-order valence-corrected chi connectivity index (χ2v) is 8.00. The first-order valence-electron chi connectivity index (χ1n) is 9.84. The summed E-state index contributed by atoms with van der Waals surface area (Å²) >= 11 is 3.47. The fraction of sp³-hybridized carbons (Fsp3) is 0.208. The Balaban J connectivity index is 1.74. The summed E-state index contributed by atoms with van der Waals surface area (Å²) in [6.45, 7) is 2.35. The number of phenolic OH excluding ortho intramolecular Hbond substituents is 1. The van der Waals surface area contributed by atoms with E-state index in [1.165, 1.54) is 12.1 Å². The summed E-state index contributed by atoms with van der Waals surface area (Å²) in [5.41, 5.74) is 3.53. The van der Waals surface area contributed by atoms with Gasteiger partial charge in [0.05, 0.1) is 6.61 Å². The largest absolute Gasteiger partial charge is 0.504 e. The van der Waals surface area contributed by atoms with Crippen LogP contribution in [0.25, 0.3) is 0 Å². The molecule has 3 aromatic rings. The summed E-state index contributed by atoms with van der Waals surface area (Å²) < 4.78 is 20.0. The van der Waals surface area contributed by atoms with Crippen LogP contribution in [0.15, 0.2) is 76.2 Å². The first-order chi connectivity index (χ1) is 14.5. The summed E-state index contributed by atoms with van der Waals surface area (Å²) in [5.74, 6) is 0.305. The first kappa shape index (κ1) is 20.6. The van der Waals surface area contributed by atoms with Crippen LogP contribution in [0, 0.1) is 5.82 Å². The zero-order valence-electron chi connectivity index (χ0n) is 16.5. The van der Waals surface area contributed by atoms with E-state index in [0.29, 0.717) is 18.8 Å². The lowest BCUT2D eigenvalue weighted by molar-refractivity contribution is 0.313. The molecule has 2 atom stereocenters. The topological polar surface area (TPSA) is 53.8 Å². The van der Waals surface area contributed by atoms with E-state index in [1.54, 1.807) is 18.2 Å². The Morgan fingerprint density at radius 2 is 1.83 bits per heavy atom. The van der Waals surface area contributed by atoms with Gasteiger partial charge in [-0.15, -0.1) is 0 Å². The van der Waals surface area contributed by atoms with Crippen molar-refractivity contribution in [1.82, 2.24) is 5.32 Å². The number of nitrogens with one attached hydrogen (secondary N) is 1. The van der Waals surface area contributed by atoms with Crippen LogP contribution in [0.5, 0.6) is 11.5 Å². The molecule has 0 spiro atoms. The molecular formula is C24H22BrFN2O2. The molecule has 30 heavy (non-hydrogen) atoms. The normalized spacial score (nSPS) is 18.7. The third kappa shape index (κ3) is 4.40. The maximum absolute atomic E-state index is 13.4. The summed E-state index contributed by atoms with van der Waals surface area (Å²) in [6.07, 6.45) is 0.237. The number of hydrogen-bond acceptors (Lipinski definition) is 4. The lowest BCUT2D eigenvalue weighted by Gasteiger charge is -2.31. The molecule has 0 aromatic heterocycles. The Labute approximate surface area is 183 Å². The number of aliphatic imine (C=N–C) groups is 1. The second kappa shape index (κ2) is 8.98. The summed E-state index contributed by atoms with van der Waals surface area (Å²) in [7, 11) is 0. The number of halogens is 2. The number of rotatable bonds is 5. The highest BCUT2D eigenvalue weighted by atomic mass is 79.9. The van der Waals surface area contributed by atoms with Crippen LogP contribution in [-0.4, -0.2) is 17.4 Å². The molecule has 0 saturated heterocycles. The van der Waals surface area contributed by atoms with Gasteiger partial charge in [0.2, 0.25) is 0 Å². The van der Waals surface area contributed by atoms with Crippen LogP contribution in [0.1, 0.15) is 42.2 Å². The predicted molar refractivity (Wildman–Crippen MR) is 120 cm³/mol. The molecule has 0 aliphatic carbocycles. The van der Waals surface area contributed by atoms with Gasteiger partial charge in [0, 0.05) is 28.2 Å². The van der Waals surface area contributed by atoms with Crippen LogP contribution in [-0.2, 0) is 0 Å². The molecule has 0 bridgehead atoms. The van der Waals surface area contributed by atoms with Gasteiger partial charge in [-0.3, -0.25) is 10.3 Å². The Morgan fingerprint density at radius 1 is 1.10 bits per heavy atom. The van der Waals surface area contributed by atoms with E-state index >= 15 is 0 Å². The molecule has 0 amide bonds. The molecule has 154 valence electrons. The predicted octanol–water partition coefficient (Wildman–Crippen LogP) is 5.92. The van der Waals surface area contributed by atoms with Crippen LogP contribution >= 0.6 is 15.9 Å². The fourth-order valence-electron chi connectivity index (χ4n) is 3.63. The Hall–Kier alpha value is -2.70. The van der Waals surface area contributed by atoms with Crippen molar-refractivity contribution in [3.8, 4) is 11.5 Å². The number of benzene rings is 3. The summed E-state index contributed by atoms with van der Waals surface area (Å²) in [6, 6.07) is 19.7. The molecule has 6 heteroatoms. The van der Waals surface area contributed by atoms with Gasteiger partial charge in [0.1, 0.15) is 12.0 Å². The molecular weight excluding hydrogens is 447 g/mol. The highest BCUT2D eigenvalue weighted by molar-refractivity contribution is 9.10. The molecule has 0 radical (unpaired) electrons. The van der Waals surface area contributed by atoms with Gasteiger partial charge >= 0.3 is 0 Å². The van der Waals surface area contributed by atoms with E-state index in [9.17, 15) is 9.50 Å². The average Bonchev–Trinajstić information content (AvgIpc) is 2.76. The standard InChI is InChI=1S/C24H22BrFN2O2/c1-2-30-22-5-3-4-19(23(22)29)21-14-20(15-6-10-17(25)11-7-15)27-24(28-21)16-8-12-18(26)13-9-16/h3-13,21,24,28-29H,2,14H2,1H3/t21-,24+/m0/s1. The van der Waals surface area contributed by atoms with E-state index < -0.39 is 0 Å². The van der Waals surface area contributed by atoms with Crippen molar-refractivity contribution in [1.29, 1.82) is 0 Å². The van der Waals surface area contributed by atoms with Crippen molar-refractivity contribution in [2.45, 2.75) is 25.6 Å². The van der Waals surface area contributed by atoms with E-state index in [4.69, 9.17) is 9.73 Å². The minimum absolute atomic E-state index is 0.131. The number of aromatic hydroxyl groups is 1. The Morgan fingerprint density at radius 3 is 2.53 bits per heavy atom. The maximum atomic E-state index is 13.4. The zero-order valence-corrected chi connectivity index (χ0v) is 18.1. The van der Waals surface area contributed by atoms with Gasteiger partial charge in [0.25, 0.3) is 0 Å². The van der Waals surface area contributed by atoms with E-state index in [2.05, 4.69) is 21.2 Å². The Kier molecular flexibility index (Phi) is 6.16.